The van der Waals surface area contributed by atoms with Gasteiger partial charge in [-0.2, -0.15) is 5.10 Å². The lowest BCUT2D eigenvalue weighted by molar-refractivity contribution is 0.414. The summed E-state index contributed by atoms with van der Waals surface area (Å²) in [5.74, 6) is 3.40. The SMILES string of the molecule is CC(c1ccc(N2CCC[C@@H](NCC3CC3)C2)nn1)c1nnc(-c2cncc(N3CCCC3)n2)o1. The number of nitrogens with zero attached hydrogens (tertiary/aromatic N) is 8. The van der Waals surface area contributed by atoms with Crippen LogP contribution >= 0.6 is 0 Å². The van der Waals surface area contributed by atoms with Crippen molar-refractivity contribution in [1.29, 1.82) is 0 Å². The summed E-state index contributed by atoms with van der Waals surface area (Å²) in [6.07, 6.45) is 11.0. The molecule has 0 radical (unpaired) electrons. The highest BCUT2D eigenvalue weighted by molar-refractivity contribution is 5.50. The Morgan fingerprint density at radius 1 is 0.943 bits per heavy atom. The Kier molecular flexibility index (Phi) is 6.28. The molecular formula is C25H33N9O. The average Bonchev–Trinajstić information content (AvgIpc) is 3.35. The molecule has 1 saturated carbocycles. The van der Waals surface area contributed by atoms with Gasteiger partial charge in [-0.3, -0.25) is 4.98 Å². The highest BCUT2D eigenvalue weighted by Gasteiger charge is 2.26. The van der Waals surface area contributed by atoms with Gasteiger partial charge >= 0.3 is 0 Å². The molecule has 10 heteroatoms. The van der Waals surface area contributed by atoms with E-state index in [1.165, 1.54) is 38.5 Å². The number of piperidine rings is 1. The predicted molar refractivity (Wildman–Crippen MR) is 132 cm³/mol. The third-order valence-corrected chi connectivity index (χ3v) is 7.33. The van der Waals surface area contributed by atoms with E-state index in [2.05, 4.69) is 46.6 Å². The molecule has 10 nitrogen and oxygen atoms in total. The Labute approximate surface area is 205 Å². The molecule has 5 heterocycles. The van der Waals surface area contributed by atoms with Crippen LogP contribution in [-0.4, -0.2) is 69.1 Å². The topological polar surface area (TPSA) is 109 Å². The molecule has 35 heavy (non-hydrogen) atoms. The van der Waals surface area contributed by atoms with Crippen LogP contribution in [0.15, 0.2) is 28.9 Å². The highest BCUT2D eigenvalue weighted by Crippen LogP contribution is 2.29. The lowest BCUT2D eigenvalue weighted by Crippen LogP contribution is -2.46. The van der Waals surface area contributed by atoms with Gasteiger partial charge in [-0.25, -0.2) is 4.98 Å². The first kappa shape index (κ1) is 22.3. The first-order chi connectivity index (χ1) is 17.2. The summed E-state index contributed by atoms with van der Waals surface area (Å²) in [4.78, 5) is 13.6. The summed E-state index contributed by atoms with van der Waals surface area (Å²) in [5.41, 5.74) is 1.40. The van der Waals surface area contributed by atoms with Crippen molar-refractivity contribution in [2.24, 2.45) is 5.92 Å². The molecule has 3 aliphatic rings. The van der Waals surface area contributed by atoms with E-state index in [1.54, 1.807) is 12.4 Å². The van der Waals surface area contributed by atoms with E-state index >= 15 is 0 Å². The van der Waals surface area contributed by atoms with Gasteiger partial charge in [0.05, 0.1) is 24.0 Å². The lowest BCUT2D eigenvalue weighted by Gasteiger charge is -2.34. The molecule has 0 amide bonds. The zero-order valence-electron chi connectivity index (χ0n) is 20.3. The molecule has 1 aliphatic carbocycles. The van der Waals surface area contributed by atoms with E-state index in [0.29, 0.717) is 23.5 Å². The quantitative estimate of drug-likeness (QED) is 0.522. The Bertz CT molecular complexity index is 1120. The van der Waals surface area contributed by atoms with Crippen LogP contribution in [0.25, 0.3) is 11.6 Å². The van der Waals surface area contributed by atoms with Gasteiger partial charge in [0.15, 0.2) is 5.82 Å². The maximum atomic E-state index is 5.99. The number of rotatable bonds is 8. The van der Waals surface area contributed by atoms with Crippen LogP contribution in [0, 0.1) is 5.92 Å². The molecule has 184 valence electrons. The van der Waals surface area contributed by atoms with E-state index in [4.69, 9.17) is 9.40 Å². The molecule has 2 saturated heterocycles. The summed E-state index contributed by atoms with van der Waals surface area (Å²) in [7, 11) is 0. The maximum Gasteiger partial charge on any atom is 0.268 e. The number of anilines is 2. The van der Waals surface area contributed by atoms with Gasteiger partial charge < -0.3 is 19.5 Å². The van der Waals surface area contributed by atoms with Crippen LogP contribution in [-0.2, 0) is 0 Å². The minimum absolute atomic E-state index is 0.165. The summed E-state index contributed by atoms with van der Waals surface area (Å²) >= 11 is 0. The fourth-order valence-corrected chi connectivity index (χ4v) is 4.94. The van der Waals surface area contributed by atoms with Crippen LogP contribution in [0.1, 0.15) is 63.0 Å². The van der Waals surface area contributed by atoms with Crippen molar-refractivity contribution in [3.63, 3.8) is 0 Å². The van der Waals surface area contributed by atoms with E-state index < -0.39 is 0 Å². The molecule has 0 aromatic carbocycles. The predicted octanol–water partition coefficient (Wildman–Crippen LogP) is 3.04. The standard InChI is InChI=1S/C25H33N9O/c1-17(24-31-32-25(35-24)21-14-26-15-23(28-21)33-10-2-3-11-33)20-8-9-22(30-29-20)34-12-4-5-19(16-34)27-13-18-6-7-18/h8-9,14-15,17-19,27H,2-7,10-13,16H2,1H3/t17?,19-/m1/s1. The molecule has 3 aromatic rings. The summed E-state index contributed by atoms with van der Waals surface area (Å²) in [5, 5.41) is 21.3. The Hall–Kier alpha value is -3.14. The van der Waals surface area contributed by atoms with Crippen molar-refractivity contribution >= 4 is 11.6 Å². The molecule has 1 unspecified atom stereocenters. The molecular weight excluding hydrogens is 442 g/mol. The van der Waals surface area contributed by atoms with Crippen LogP contribution in [0.4, 0.5) is 11.6 Å². The number of aromatic nitrogens is 6. The van der Waals surface area contributed by atoms with Crippen LogP contribution in [0.3, 0.4) is 0 Å². The van der Waals surface area contributed by atoms with Gasteiger partial charge in [0.1, 0.15) is 11.5 Å². The molecule has 2 aliphatic heterocycles. The molecule has 0 bridgehead atoms. The van der Waals surface area contributed by atoms with Crippen molar-refractivity contribution in [1.82, 2.24) is 35.7 Å². The molecule has 1 N–H and O–H groups in total. The van der Waals surface area contributed by atoms with Gasteiger partial charge in [-0.1, -0.05) is 0 Å². The summed E-state index contributed by atoms with van der Waals surface area (Å²) in [6.45, 7) is 7.19. The molecule has 6 rings (SSSR count). The smallest absolute Gasteiger partial charge is 0.268 e. The average molecular weight is 476 g/mol. The fourth-order valence-electron chi connectivity index (χ4n) is 4.94. The first-order valence-electron chi connectivity index (χ1n) is 13.0. The first-order valence-corrected chi connectivity index (χ1v) is 13.0. The maximum absolute atomic E-state index is 5.99. The van der Waals surface area contributed by atoms with E-state index in [1.807, 2.05) is 13.0 Å². The van der Waals surface area contributed by atoms with Gasteiger partial charge in [-0.05, 0) is 70.0 Å². The minimum Gasteiger partial charge on any atom is -0.419 e. The number of hydrogen-bond donors (Lipinski definition) is 1. The third kappa shape index (κ3) is 5.12. The lowest BCUT2D eigenvalue weighted by atomic mass is 10.1. The monoisotopic (exact) mass is 475 g/mol. The summed E-state index contributed by atoms with van der Waals surface area (Å²) < 4.78 is 5.99. The minimum atomic E-state index is -0.165. The highest BCUT2D eigenvalue weighted by atomic mass is 16.4. The second kappa shape index (κ2) is 9.85. The van der Waals surface area contributed by atoms with Crippen LogP contribution < -0.4 is 15.1 Å². The van der Waals surface area contributed by atoms with Gasteiger partial charge in [0.2, 0.25) is 5.89 Å². The third-order valence-electron chi connectivity index (χ3n) is 7.33. The van der Waals surface area contributed by atoms with Crippen molar-refractivity contribution < 1.29 is 4.42 Å². The molecule has 0 spiro atoms. The summed E-state index contributed by atoms with van der Waals surface area (Å²) in [6, 6.07) is 4.62. The van der Waals surface area contributed by atoms with Gasteiger partial charge in [-0.15, -0.1) is 15.3 Å². The van der Waals surface area contributed by atoms with E-state index in [9.17, 15) is 0 Å². The van der Waals surface area contributed by atoms with Crippen molar-refractivity contribution in [2.45, 2.75) is 57.4 Å². The van der Waals surface area contributed by atoms with Gasteiger partial charge in [0, 0.05) is 32.2 Å². The number of nitrogens with one attached hydrogen (secondary N) is 1. The Morgan fingerprint density at radius 2 is 1.80 bits per heavy atom. The second-order valence-electron chi connectivity index (χ2n) is 10.1. The van der Waals surface area contributed by atoms with Crippen molar-refractivity contribution in [2.75, 3.05) is 42.5 Å². The molecule has 3 fully saturated rings. The van der Waals surface area contributed by atoms with E-state index in [0.717, 1.165) is 56.0 Å². The zero-order chi connectivity index (χ0) is 23.6. The number of hydrogen-bond acceptors (Lipinski definition) is 10. The fraction of sp³-hybridized carbons (Fsp3) is 0.600. The Balaban J connectivity index is 1.11. The second-order valence-corrected chi connectivity index (χ2v) is 10.1. The Morgan fingerprint density at radius 3 is 2.60 bits per heavy atom. The largest absolute Gasteiger partial charge is 0.419 e. The zero-order valence-corrected chi connectivity index (χ0v) is 20.3. The normalized spacial score (nSPS) is 21.5. The van der Waals surface area contributed by atoms with Crippen LogP contribution in [0.5, 0.6) is 0 Å². The van der Waals surface area contributed by atoms with Crippen molar-refractivity contribution in [3.05, 3.63) is 36.1 Å². The van der Waals surface area contributed by atoms with Gasteiger partial charge in [0.25, 0.3) is 5.89 Å². The molecule has 2 atom stereocenters. The van der Waals surface area contributed by atoms with E-state index in [-0.39, 0.29) is 5.92 Å². The molecule has 3 aromatic heterocycles. The van der Waals surface area contributed by atoms with Crippen LogP contribution in [0.2, 0.25) is 0 Å². The van der Waals surface area contributed by atoms with Crippen molar-refractivity contribution in [3.8, 4) is 11.6 Å².